The summed E-state index contributed by atoms with van der Waals surface area (Å²) in [5, 5.41) is 0. The maximum absolute atomic E-state index is 12.5. The van der Waals surface area contributed by atoms with Crippen molar-refractivity contribution in [3.05, 3.63) is 0 Å². The fourth-order valence-corrected chi connectivity index (χ4v) is 8.47. The molecule has 1 spiro atoms. The fourth-order valence-electron chi connectivity index (χ4n) is 8.47. The lowest BCUT2D eigenvalue weighted by atomic mass is 9.79. The van der Waals surface area contributed by atoms with Gasteiger partial charge in [-0.1, -0.05) is 48.5 Å². The molecule has 14 atom stereocenters. The maximum atomic E-state index is 12.5. The summed E-state index contributed by atoms with van der Waals surface area (Å²) in [5.41, 5.74) is 0. The van der Waals surface area contributed by atoms with Crippen molar-refractivity contribution in [1.82, 2.24) is 0 Å². The monoisotopic (exact) mass is 799 g/mol. The van der Waals surface area contributed by atoms with Gasteiger partial charge < -0.3 is 37.9 Å². The molecule has 13 nitrogen and oxygen atoms in total. The molecular formula is C43H74O13. The zero-order valence-electron chi connectivity index (χ0n) is 36.8. The lowest BCUT2D eigenvalue weighted by Crippen LogP contribution is -2.53. The Balaban J connectivity index is 2.26. The molecule has 0 saturated carbocycles. The van der Waals surface area contributed by atoms with Crippen LogP contribution >= 0.6 is 0 Å². The van der Waals surface area contributed by atoms with Gasteiger partial charge in [-0.25, -0.2) is 0 Å². The minimum Gasteiger partial charge on any atom is -0.463 e. The molecule has 2 fully saturated rings. The van der Waals surface area contributed by atoms with Crippen molar-refractivity contribution < 1.29 is 61.9 Å². The Kier molecular flexibility index (Phi) is 20.3. The average molecular weight is 799 g/mol. The number of carbonyl (C=O) groups excluding carboxylic acids is 5. The van der Waals surface area contributed by atoms with Crippen molar-refractivity contribution in [2.75, 3.05) is 7.11 Å². The molecule has 2 aliphatic rings. The van der Waals surface area contributed by atoms with Crippen molar-refractivity contribution in [3.8, 4) is 0 Å². The van der Waals surface area contributed by atoms with Crippen LogP contribution in [0.5, 0.6) is 0 Å². The van der Waals surface area contributed by atoms with E-state index in [1.54, 1.807) is 0 Å². The van der Waals surface area contributed by atoms with Crippen LogP contribution in [-0.4, -0.2) is 91.6 Å². The largest absolute Gasteiger partial charge is 0.463 e. The first-order chi connectivity index (χ1) is 26.1. The van der Waals surface area contributed by atoms with Gasteiger partial charge in [0.1, 0.15) is 36.6 Å². The van der Waals surface area contributed by atoms with Crippen molar-refractivity contribution in [3.63, 3.8) is 0 Å². The minimum atomic E-state index is -0.955. The molecule has 0 N–H and O–H groups in total. The van der Waals surface area contributed by atoms with E-state index in [2.05, 4.69) is 27.7 Å². The molecule has 0 radical (unpaired) electrons. The zero-order valence-corrected chi connectivity index (χ0v) is 36.8. The van der Waals surface area contributed by atoms with E-state index in [-0.39, 0.29) is 54.4 Å². The summed E-state index contributed by atoms with van der Waals surface area (Å²) in [6.07, 6.45) is 2.15. The Morgan fingerprint density at radius 1 is 0.625 bits per heavy atom. The summed E-state index contributed by atoms with van der Waals surface area (Å²) in [6.45, 7) is 22.9. The van der Waals surface area contributed by atoms with Gasteiger partial charge in [-0.05, 0) is 75.0 Å². The van der Waals surface area contributed by atoms with Gasteiger partial charge in [0.2, 0.25) is 0 Å². The highest BCUT2D eigenvalue weighted by atomic mass is 16.7. The van der Waals surface area contributed by atoms with Crippen LogP contribution in [0, 0.1) is 35.5 Å². The van der Waals surface area contributed by atoms with Crippen LogP contribution in [0.2, 0.25) is 0 Å². The number of carbonyl (C=O) groups is 5. The summed E-state index contributed by atoms with van der Waals surface area (Å²) < 4.78 is 48.2. The van der Waals surface area contributed by atoms with E-state index in [4.69, 9.17) is 37.9 Å². The number of hydrogen-bond acceptors (Lipinski definition) is 13. The lowest BCUT2D eigenvalue weighted by molar-refractivity contribution is -0.338. The van der Waals surface area contributed by atoms with E-state index in [0.717, 1.165) is 38.5 Å². The van der Waals surface area contributed by atoms with E-state index in [9.17, 15) is 24.0 Å². The van der Waals surface area contributed by atoms with Crippen LogP contribution in [0.4, 0.5) is 0 Å². The molecule has 1 unspecified atom stereocenters. The highest BCUT2D eigenvalue weighted by Crippen LogP contribution is 2.46. The molecule has 13 heteroatoms. The van der Waals surface area contributed by atoms with E-state index in [1.165, 1.54) is 41.7 Å². The van der Waals surface area contributed by atoms with Gasteiger partial charge in [0.05, 0.1) is 12.2 Å². The van der Waals surface area contributed by atoms with Crippen LogP contribution in [-0.2, 0) is 61.9 Å². The number of rotatable bonds is 21. The summed E-state index contributed by atoms with van der Waals surface area (Å²) in [5.74, 6) is -2.80. The second kappa shape index (κ2) is 23.0. The van der Waals surface area contributed by atoms with Crippen molar-refractivity contribution in [2.24, 2.45) is 35.5 Å². The molecule has 2 rings (SSSR count). The van der Waals surface area contributed by atoms with Gasteiger partial charge in [0.25, 0.3) is 0 Å². The van der Waals surface area contributed by atoms with Crippen molar-refractivity contribution in [1.29, 1.82) is 0 Å². The fraction of sp³-hybridized carbons (Fsp3) is 0.884. The Hall–Kier alpha value is -2.77. The molecule has 0 amide bonds. The van der Waals surface area contributed by atoms with Crippen LogP contribution in [0.3, 0.4) is 0 Å². The third-order valence-electron chi connectivity index (χ3n) is 11.9. The van der Waals surface area contributed by atoms with E-state index in [0.29, 0.717) is 18.8 Å². The number of ether oxygens (including phenoxy) is 8. The highest BCUT2D eigenvalue weighted by Gasteiger charge is 2.48. The van der Waals surface area contributed by atoms with Crippen molar-refractivity contribution in [2.45, 2.75) is 202 Å². The lowest BCUT2D eigenvalue weighted by Gasteiger charge is -2.51. The highest BCUT2D eigenvalue weighted by molar-refractivity contribution is 5.68. The van der Waals surface area contributed by atoms with Crippen molar-refractivity contribution >= 4 is 29.8 Å². The van der Waals surface area contributed by atoms with Gasteiger partial charge in [-0.2, -0.15) is 0 Å². The van der Waals surface area contributed by atoms with Crippen LogP contribution in [0.15, 0.2) is 0 Å². The molecule has 324 valence electrons. The number of hydrogen-bond donors (Lipinski definition) is 0. The maximum Gasteiger partial charge on any atom is 0.303 e. The van der Waals surface area contributed by atoms with Crippen LogP contribution in [0.1, 0.15) is 148 Å². The topological polar surface area (TPSA) is 159 Å². The minimum absolute atomic E-state index is 0.0142. The summed E-state index contributed by atoms with van der Waals surface area (Å²) in [4.78, 5) is 60.9. The molecule has 0 bridgehead atoms. The first-order valence-electron chi connectivity index (χ1n) is 20.8. The first-order valence-corrected chi connectivity index (χ1v) is 20.8. The normalized spacial score (nSPS) is 27.4. The van der Waals surface area contributed by atoms with Crippen LogP contribution < -0.4 is 0 Å². The molecule has 2 aliphatic heterocycles. The van der Waals surface area contributed by atoms with Gasteiger partial charge in [-0.15, -0.1) is 0 Å². The summed E-state index contributed by atoms with van der Waals surface area (Å²) in [6, 6.07) is 0. The second-order valence-electron chi connectivity index (χ2n) is 17.2. The van der Waals surface area contributed by atoms with Gasteiger partial charge in [0.15, 0.2) is 5.79 Å². The van der Waals surface area contributed by atoms with E-state index < -0.39 is 66.1 Å². The number of methoxy groups -OCH3 is 1. The molecule has 0 aromatic rings. The summed E-state index contributed by atoms with van der Waals surface area (Å²) >= 11 is 0. The van der Waals surface area contributed by atoms with E-state index >= 15 is 0 Å². The zero-order chi connectivity index (χ0) is 42.5. The Bertz CT molecular complexity index is 1270. The predicted octanol–water partition coefficient (Wildman–Crippen LogP) is 7.52. The molecule has 0 aromatic heterocycles. The molecule has 0 aromatic carbocycles. The smallest absolute Gasteiger partial charge is 0.303 e. The third-order valence-corrected chi connectivity index (χ3v) is 11.9. The second-order valence-corrected chi connectivity index (χ2v) is 17.2. The van der Waals surface area contributed by atoms with Crippen LogP contribution in [0.25, 0.3) is 0 Å². The summed E-state index contributed by atoms with van der Waals surface area (Å²) in [7, 11) is 1.44. The van der Waals surface area contributed by atoms with Gasteiger partial charge >= 0.3 is 29.8 Å². The Morgan fingerprint density at radius 2 is 1.14 bits per heavy atom. The molecule has 0 aliphatic carbocycles. The SMILES string of the molecule is CO[C@H]([C@H](OC(C)=O)C(C)C)[C@@H](C[C@H](OC(C)=O)[C@@H](C)[C@H](CC[C@@H](C)[C@@H]1O[C@]2(CC[C@@H](C)[C@H](CC[C@H](C)C(C)OC(C)=O)O2)CC[C@@H]1C)OC(C)=O)OC(C)=O. The van der Waals surface area contributed by atoms with Gasteiger partial charge in [-0.3, -0.25) is 24.0 Å². The Morgan fingerprint density at radius 3 is 1.66 bits per heavy atom. The van der Waals surface area contributed by atoms with E-state index in [1.807, 2.05) is 27.7 Å². The average Bonchev–Trinajstić information content (AvgIpc) is 3.09. The Labute approximate surface area is 336 Å². The third kappa shape index (κ3) is 15.5. The molecule has 2 saturated heterocycles. The first kappa shape index (κ1) is 49.4. The predicted molar refractivity (Wildman–Crippen MR) is 209 cm³/mol. The molecule has 2 heterocycles. The number of esters is 5. The standard InChI is InChI=1S/C43H74O13/c1-24(2)40(54-35(13)48)42(49-14)39(53-34(12)47)23-38(52-33(11)46)29(7)37(51-32(10)45)18-16-27(5)41-28(6)20-22-43(56-41)21-19-26(4)36(55-43)17-15-25(3)30(8)50-31(9)44/h24-30,36-42H,15-23H2,1-14H3/t25-,26+,27+,28-,29-,30?,36-,37-,38-,39+,40+,41-,42-,43+/m0/s1. The van der Waals surface area contributed by atoms with Gasteiger partial charge in [0, 0.05) is 66.9 Å². The molecule has 56 heavy (non-hydrogen) atoms. The quantitative estimate of drug-likeness (QED) is 0.0830. The molecular weight excluding hydrogens is 724 g/mol.